The molecule has 0 unspecified atom stereocenters. The van der Waals surface area contributed by atoms with Crippen molar-refractivity contribution in [2.75, 3.05) is 13.1 Å². The largest absolute Gasteiger partial charge is 0.457 e. The van der Waals surface area contributed by atoms with Gasteiger partial charge in [-0.25, -0.2) is 0 Å². The van der Waals surface area contributed by atoms with E-state index in [1.807, 2.05) is 54.6 Å². The van der Waals surface area contributed by atoms with E-state index in [1.165, 1.54) is 0 Å². The molecule has 25 heavy (non-hydrogen) atoms. The van der Waals surface area contributed by atoms with Crippen molar-refractivity contribution in [3.8, 4) is 22.9 Å². The summed E-state index contributed by atoms with van der Waals surface area (Å²) in [6.07, 6.45) is 2.09. The van der Waals surface area contributed by atoms with Gasteiger partial charge in [-0.05, 0) is 62.3 Å². The van der Waals surface area contributed by atoms with Crippen LogP contribution in [0.3, 0.4) is 0 Å². The van der Waals surface area contributed by atoms with Gasteiger partial charge in [0.1, 0.15) is 11.5 Å². The fourth-order valence-corrected chi connectivity index (χ4v) is 2.88. The zero-order valence-electron chi connectivity index (χ0n) is 13.7. The maximum atomic E-state index is 5.80. The Labute approximate surface area is 152 Å². The molecule has 1 saturated heterocycles. The number of para-hydroxylation sites is 1. The van der Waals surface area contributed by atoms with Crippen molar-refractivity contribution in [2.45, 2.75) is 18.8 Å². The van der Waals surface area contributed by atoms with Crippen LogP contribution >= 0.6 is 12.4 Å². The lowest BCUT2D eigenvalue weighted by Crippen LogP contribution is -2.26. The summed E-state index contributed by atoms with van der Waals surface area (Å²) in [5.41, 5.74) is 0.930. The molecule has 1 aliphatic rings. The van der Waals surface area contributed by atoms with Crippen LogP contribution in [0.15, 0.2) is 59.1 Å². The van der Waals surface area contributed by atoms with Crippen molar-refractivity contribution in [3.63, 3.8) is 0 Å². The maximum absolute atomic E-state index is 5.80. The number of piperidine rings is 1. The van der Waals surface area contributed by atoms with Crippen molar-refractivity contribution in [1.29, 1.82) is 0 Å². The second-order valence-corrected chi connectivity index (χ2v) is 5.92. The summed E-state index contributed by atoms with van der Waals surface area (Å²) in [6.45, 7) is 2.02. The van der Waals surface area contributed by atoms with Crippen LogP contribution in [0.25, 0.3) is 11.4 Å². The van der Waals surface area contributed by atoms with Crippen LogP contribution < -0.4 is 10.1 Å². The highest BCUT2D eigenvalue weighted by Crippen LogP contribution is 2.27. The summed E-state index contributed by atoms with van der Waals surface area (Å²) in [7, 11) is 0. The van der Waals surface area contributed by atoms with E-state index < -0.39 is 0 Å². The van der Waals surface area contributed by atoms with Crippen LogP contribution in [0.5, 0.6) is 11.5 Å². The minimum Gasteiger partial charge on any atom is -0.457 e. The molecule has 3 aromatic rings. The summed E-state index contributed by atoms with van der Waals surface area (Å²) in [5, 5.41) is 7.47. The second-order valence-electron chi connectivity index (χ2n) is 5.92. The maximum Gasteiger partial charge on any atom is 0.230 e. The van der Waals surface area contributed by atoms with Crippen molar-refractivity contribution >= 4 is 12.4 Å². The summed E-state index contributed by atoms with van der Waals surface area (Å²) in [5.74, 6) is 3.35. The molecule has 0 radical (unpaired) electrons. The van der Waals surface area contributed by atoms with Crippen LogP contribution in [0.2, 0.25) is 0 Å². The van der Waals surface area contributed by atoms with E-state index in [0.717, 1.165) is 48.9 Å². The molecule has 1 aliphatic heterocycles. The van der Waals surface area contributed by atoms with Gasteiger partial charge in [0, 0.05) is 11.5 Å². The van der Waals surface area contributed by atoms with E-state index in [1.54, 1.807) is 0 Å². The first-order valence-electron chi connectivity index (χ1n) is 8.26. The van der Waals surface area contributed by atoms with E-state index in [-0.39, 0.29) is 12.4 Å². The van der Waals surface area contributed by atoms with E-state index in [4.69, 9.17) is 9.26 Å². The third kappa shape index (κ3) is 4.18. The molecule has 0 saturated carbocycles. The first-order chi connectivity index (χ1) is 11.9. The minimum atomic E-state index is 0. The van der Waals surface area contributed by atoms with Gasteiger partial charge in [-0.1, -0.05) is 23.4 Å². The molecule has 6 heteroatoms. The smallest absolute Gasteiger partial charge is 0.230 e. The number of hydrogen-bond acceptors (Lipinski definition) is 5. The number of halogens is 1. The predicted molar refractivity (Wildman–Crippen MR) is 98.3 cm³/mol. The molecule has 2 heterocycles. The molecule has 2 aromatic carbocycles. The van der Waals surface area contributed by atoms with Crippen molar-refractivity contribution in [3.05, 3.63) is 60.5 Å². The van der Waals surface area contributed by atoms with Crippen molar-refractivity contribution in [1.82, 2.24) is 15.5 Å². The predicted octanol–water partition coefficient (Wildman–Crippen LogP) is 4.42. The van der Waals surface area contributed by atoms with Gasteiger partial charge >= 0.3 is 0 Å². The van der Waals surface area contributed by atoms with Crippen LogP contribution in [-0.2, 0) is 0 Å². The number of rotatable bonds is 4. The molecular formula is C19H20ClN3O2. The normalized spacial score (nSPS) is 14.7. The highest BCUT2D eigenvalue weighted by Gasteiger charge is 2.21. The second kappa shape index (κ2) is 8.14. The average Bonchev–Trinajstić information content (AvgIpc) is 3.14. The molecule has 0 bridgehead atoms. The van der Waals surface area contributed by atoms with Crippen molar-refractivity contribution in [2.24, 2.45) is 0 Å². The first-order valence-corrected chi connectivity index (χ1v) is 8.26. The lowest BCUT2D eigenvalue weighted by Gasteiger charge is -2.18. The molecule has 1 fully saturated rings. The molecule has 5 nitrogen and oxygen atoms in total. The van der Waals surface area contributed by atoms with Crippen LogP contribution in [0.1, 0.15) is 24.7 Å². The highest BCUT2D eigenvalue weighted by molar-refractivity contribution is 5.85. The molecule has 1 N–H and O–H groups in total. The van der Waals surface area contributed by atoms with Gasteiger partial charge < -0.3 is 14.6 Å². The number of nitrogens with zero attached hydrogens (tertiary/aromatic N) is 2. The standard InChI is InChI=1S/C19H19N3O2.ClH/c1-2-4-16(5-3-1)23-17-8-6-14(7-9-17)18-21-19(24-22-18)15-10-12-20-13-11-15;/h1-9,15,20H,10-13H2;1H. The SMILES string of the molecule is Cl.c1ccc(Oc2ccc(-c3noc(C4CCNCC4)n3)cc2)cc1. The zero-order chi connectivity index (χ0) is 16.2. The summed E-state index contributed by atoms with van der Waals surface area (Å²) >= 11 is 0. The molecule has 0 amide bonds. The first kappa shape index (κ1) is 17.5. The highest BCUT2D eigenvalue weighted by atomic mass is 35.5. The van der Waals surface area contributed by atoms with Gasteiger partial charge in [-0.15, -0.1) is 12.4 Å². The van der Waals surface area contributed by atoms with E-state index in [9.17, 15) is 0 Å². The van der Waals surface area contributed by atoms with E-state index in [2.05, 4.69) is 15.5 Å². The Morgan fingerprint density at radius 1 is 0.920 bits per heavy atom. The molecule has 0 aliphatic carbocycles. The van der Waals surface area contributed by atoms with Gasteiger partial charge in [-0.3, -0.25) is 0 Å². The Balaban J connectivity index is 0.00000182. The lowest BCUT2D eigenvalue weighted by atomic mass is 9.98. The number of nitrogens with one attached hydrogen (secondary N) is 1. The molecule has 1 aromatic heterocycles. The van der Waals surface area contributed by atoms with Gasteiger partial charge in [0.15, 0.2) is 0 Å². The fourth-order valence-electron chi connectivity index (χ4n) is 2.88. The quantitative estimate of drug-likeness (QED) is 0.749. The van der Waals surface area contributed by atoms with Gasteiger partial charge in [-0.2, -0.15) is 4.98 Å². The monoisotopic (exact) mass is 357 g/mol. The van der Waals surface area contributed by atoms with Gasteiger partial charge in [0.2, 0.25) is 11.7 Å². The molecule has 0 atom stereocenters. The van der Waals surface area contributed by atoms with E-state index >= 15 is 0 Å². The van der Waals surface area contributed by atoms with Crippen LogP contribution in [0, 0.1) is 0 Å². The minimum absolute atomic E-state index is 0. The molecule has 130 valence electrons. The Morgan fingerprint density at radius 3 is 2.32 bits per heavy atom. The number of ether oxygens (including phenoxy) is 1. The van der Waals surface area contributed by atoms with E-state index in [0.29, 0.717) is 11.7 Å². The molecule has 4 rings (SSSR count). The molecular weight excluding hydrogens is 338 g/mol. The van der Waals surface area contributed by atoms with Gasteiger partial charge in [0.25, 0.3) is 0 Å². The van der Waals surface area contributed by atoms with Crippen LogP contribution in [-0.4, -0.2) is 23.2 Å². The van der Waals surface area contributed by atoms with Crippen LogP contribution in [0.4, 0.5) is 0 Å². The average molecular weight is 358 g/mol. The number of aromatic nitrogens is 2. The fraction of sp³-hybridized carbons (Fsp3) is 0.263. The Morgan fingerprint density at radius 2 is 1.60 bits per heavy atom. The number of benzene rings is 2. The topological polar surface area (TPSA) is 60.2 Å². The summed E-state index contributed by atoms with van der Waals surface area (Å²) < 4.78 is 11.3. The van der Waals surface area contributed by atoms with Gasteiger partial charge in [0.05, 0.1) is 0 Å². The number of hydrogen-bond donors (Lipinski definition) is 1. The third-order valence-electron chi connectivity index (χ3n) is 4.22. The Kier molecular flexibility index (Phi) is 5.68. The molecule has 0 spiro atoms. The third-order valence-corrected chi connectivity index (χ3v) is 4.22. The summed E-state index contributed by atoms with van der Waals surface area (Å²) in [4.78, 5) is 4.57. The summed E-state index contributed by atoms with van der Waals surface area (Å²) in [6, 6.07) is 17.5. The lowest BCUT2D eigenvalue weighted by molar-refractivity contribution is 0.320. The Hall–Kier alpha value is -2.37. The zero-order valence-corrected chi connectivity index (χ0v) is 14.5. The van der Waals surface area contributed by atoms with Crippen molar-refractivity contribution < 1.29 is 9.26 Å². The Bertz CT molecular complexity index is 784.